The van der Waals surface area contributed by atoms with E-state index in [1.54, 1.807) is 18.3 Å². The number of halogens is 1. The van der Waals surface area contributed by atoms with Gasteiger partial charge in [0.2, 0.25) is 0 Å². The molecular formula is C10H13BrO3S. The molecule has 0 saturated carbocycles. The summed E-state index contributed by atoms with van der Waals surface area (Å²) < 4.78 is 5.57. The maximum atomic E-state index is 11.4. The minimum absolute atomic E-state index is 0.273. The Morgan fingerprint density at radius 3 is 2.53 bits per heavy atom. The monoisotopic (exact) mass is 292 g/mol. The predicted molar refractivity (Wildman–Crippen MR) is 63.1 cm³/mol. The average Bonchev–Trinajstić information content (AvgIpc) is 2.41. The first-order chi connectivity index (χ1) is 6.99. The molecule has 3 nitrogen and oxygen atoms in total. The molecule has 84 valence electrons. The van der Waals surface area contributed by atoms with Crippen LogP contribution in [0.2, 0.25) is 0 Å². The Morgan fingerprint density at radius 2 is 2.13 bits per heavy atom. The summed E-state index contributed by atoms with van der Waals surface area (Å²) in [7, 11) is 0. The summed E-state index contributed by atoms with van der Waals surface area (Å²) in [6.07, 6.45) is -1.19. The van der Waals surface area contributed by atoms with Crippen LogP contribution in [0.15, 0.2) is 4.47 Å². The summed E-state index contributed by atoms with van der Waals surface area (Å²) in [6.45, 7) is 5.80. The summed E-state index contributed by atoms with van der Waals surface area (Å²) in [5.41, 5.74) is 0.621. The molecule has 0 aromatic carbocycles. The van der Waals surface area contributed by atoms with E-state index in [2.05, 4.69) is 15.9 Å². The van der Waals surface area contributed by atoms with Gasteiger partial charge in [-0.2, -0.15) is 0 Å². The van der Waals surface area contributed by atoms with Crippen molar-refractivity contribution in [3.63, 3.8) is 0 Å². The highest BCUT2D eigenvalue weighted by atomic mass is 79.9. The van der Waals surface area contributed by atoms with Gasteiger partial charge < -0.3 is 9.84 Å². The van der Waals surface area contributed by atoms with E-state index in [0.717, 1.165) is 14.2 Å². The zero-order chi connectivity index (χ0) is 11.6. The number of carbonyl (C=O) groups excluding carboxylic acids is 1. The maximum Gasteiger partial charge on any atom is 0.339 e. The van der Waals surface area contributed by atoms with Crippen LogP contribution < -0.4 is 0 Å². The standard InChI is InChI=1S/C10H13BrO3S/c1-4-14-10(13)9(12)7-5(2)15-6(3)8(7)11/h9,12H,4H2,1-3H3. The summed E-state index contributed by atoms with van der Waals surface area (Å²) in [6, 6.07) is 0. The number of thiophene rings is 1. The molecule has 1 unspecified atom stereocenters. The molecule has 5 heteroatoms. The fourth-order valence-electron chi connectivity index (χ4n) is 1.33. The molecule has 1 N–H and O–H groups in total. The molecule has 15 heavy (non-hydrogen) atoms. The SMILES string of the molecule is CCOC(=O)C(O)c1c(C)sc(C)c1Br. The van der Waals surface area contributed by atoms with Gasteiger partial charge in [0.1, 0.15) is 0 Å². The molecular weight excluding hydrogens is 280 g/mol. The largest absolute Gasteiger partial charge is 0.464 e. The lowest BCUT2D eigenvalue weighted by Crippen LogP contribution is -2.15. The number of aliphatic hydroxyl groups is 1. The molecule has 1 heterocycles. The molecule has 0 radical (unpaired) electrons. The number of esters is 1. The topological polar surface area (TPSA) is 46.5 Å². The van der Waals surface area contributed by atoms with Crippen LogP contribution in [0.1, 0.15) is 28.3 Å². The summed E-state index contributed by atoms with van der Waals surface area (Å²) in [5, 5.41) is 9.80. The van der Waals surface area contributed by atoms with Crippen molar-refractivity contribution in [1.82, 2.24) is 0 Å². The number of aryl methyl sites for hydroxylation is 2. The first kappa shape index (κ1) is 12.7. The third kappa shape index (κ3) is 2.59. The van der Waals surface area contributed by atoms with Crippen LogP contribution in [0.4, 0.5) is 0 Å². The quantitative estimate of drug-likeness (QED) is 0.872. The molecule has 0 spiro atoms. The Bertz CT molecular complexity index is 373. The average molecular weight is 293 g/mol. The fraction of sp³-hybridized carbons (Fsp3) is 0.500. The zero-order valence-corrected chi connectivity index (χ0v) is 11.2. The second-order valence-electron chi connectivity index (χ2n) is 3.10. The predicted octanol–water partition coefficient (Wildman–Crippen LogP) is 2.72. The third-order valence-corrected chi connectivity index (χ3v) is 4.34. The Balaban J connectivity index is 3.00. The highest BCUT2D eigenvalue weighted by Crippen LogP contribution is 2.36. The normalized spacial score (nSPS) is 12.6. The van der Waals surface area contributed by atoms with Gasteiger partial charge in [0, 0.05) is 19.8 Å². The second kappa shape index (κ2) is 5.09. The number of aliphatic hydroxyl groups excluding tert-OH is 1. The van der Waals surface area contributed by atoms with Crippen LogP contribution in [0, 0.1) is 13.8 Å². The van der Waals surface area contributed by atoms with Crippen molar-refractivity contribution < 1.29 is 14.6 Å². The van der Waals surface area contributed by atoms with E-state index in [-0.39, 0.29) is 6.61 Å². The number of rotatable bonds is 3. The molecule has 1 rings (SSSR count). The molecule has 1 aromatic rings. The van der Waals surface area contributed by atoms with Crippen molar-refractivity contribution in [2.45, 2.75) is 26.9 Å². The number of hydrogen-bond acceptors (Lipinski definition) is 4. The van der Waals surface area contributed by atoms with Crippen LogP contribution >= 0.6 is 27.3 Å². The van der Waals surface area contributed by atoms with Gasteiger partial charge in [-0.25, -0.2) is 4.79 Å². The Hall–Kier alpha value is -0.390. The van der Waals surface area contributed by atoms with Gasteiger partial charge in [-0.3, -0.25) is 0 Å². The molecule has 0 amide bonds. The lowest BCUT2D eigenvalue weighted by Gasteiger charge is -2.10. The van der Waals surface area contributed by atoms with Crippen molar-refractivity contribution in [1.29, 1.82) is 0 Å². The fourth-order valence-corrected chi connectivity index (χ4v) is 3.20. The zero-order valence-electron chi connectivity index (χ0n) is 8.83. The van der Waals surface area contributed by atoms with Crippen LogP contribution in [0.5, 0.6) is 0 Å². The molecule has 1 aromatic heterocycles. The molecule has 0 aliphatic heterocycles. The van der Waals surface area contributed by atoms with Crippen LogP contribution in [-0.2, 0) is 9.53 Å². The Morgan fingerprint density at radius 1 is 1.53 bits per heavy atom. The molecule has 1 atom stereocenters. The van der Waals surface area contributed by atoms with Crippen molar-refractivity contribution >= 4 is 33.2 Å². The van der Waals surface area contributed by atoms with E-state index in [9.17, 15) is 9.90 Å². The van der Waals surface area contributed by atoms with Gasteiger partial charge in [0.25, 0.3) is 0 Å². The highest BCUT2D eigenvalue weighted by molar-refractivity contribution is 9.10. The molecule has 0 aliphatic carbocycles. The lowest BCUT2D eigenvalue weighted by molar-refractivity contribution is -0.153. The molecule has 0 fully saturated rings. The molecule has 0 saturated heterocycles. The van der Waals surface area contributed by atoms with Crippen molar-refractivity contribution in [2.24, 2.45) is 0 Å². The molecule has 0 aliphatic rings. The lowest BCUT2D eigenvalue weighted by atomic mass is 10.1. The van der Waals surface area contributed by atoms with E-state index in [1.807, 2.05) is 13.8 Å². The van der Waals surface area contributed by atoms with Crippen molar-refractivity contribution in [2.75, 3.05) is 6.61 Å². The maximum absolute atomic E-state index is 11.4. The van der Waals surface area contributed by atoms with E-state index >= 15 is 0 Å². The smallest absolute Gasteiger partial charge is 0.339 e. The minimum atomic E-state index is -1.19. The second-order valence-corrected chi connectivity index (χ2v) is 5.32. The number of ether oxygens (including phenoxy) is 1. The van der Waals surface area contributed by atoms with Gasteiger partial charge in [-0.05, 0) is 36.7 Å². The number of hydrogen-bond donors (Lipinski definition) is 1. The highest BCUT2D eigenvalue weighted by Gasteiger charge is 2.25. The molecule has 0 bridgehead atoms. The summed E-state index contributed by atoms with van der Waals surface area (Å²) >= 11 is 4.91. The van der Waals surface area contributed by atoms with E-state index in [4.69, 9.17) is 4.74 Å². The van der Waals surface area contributed by atoms with Crippen molar-refractivity contribution in [3.8, 4) is 0 Å². The van der Waals surface area contributed by atoms with Gasteiger partial charge in [-0.15, -0.1) is 11.3 Å². The van der Waals surface area contributed by atoms with E-state index in [0.29, 0.717) is 5.56 Å². The first-order valence-electron chi connectivity index (χ1n) is 4.59. The number of carbonyl (C=O) groups is 1. The van der Waals surface area contributed by atoms with Gasteiger partial charge in [-0.1, -0.05) is 0 Å². The first-order valence-corrected chi connectivity index (χ1v) is 6.20. The Labute approximate surface area is 101 Å². The third-order valence-electron chi connectivity index (χ3n) is 2.01. The minimum Gasteiger partial charge on any atom is -0.464 e. The Kier molecular flexibility index (Phi) is 4.31. The van der Waals surface area contributed by atoms with Crippen LogP contribution in [-0.4, -0.2) is 17.7 Å². The van der Waals surface area contributed by atoms with Gasteiger partial charge in [0.05, 0.1) is 6.61 Å². The van der Waals surface area contributed by atoms with Gasteiger partial charge in [0.15, 0.2) is 6.10 Å². The van der Waals surface area contributed by atoms with Gasteiger partial charge >= 0.3 is 5.97 Å². The van der Waals surface area contributed by atoms with Crippen molar-refractivity contribution in [3.05, 3.63) is 19.8 Å². The van der Waals surface area contributed by atoms with Crippen LogP contribution in [0.25, 0.3) is 0 Å². The summed E-state index contributed by atoms with van der Waals surface area (Å²) in [4.78, 5) is 13.3. The van der Waals surface area contributed by atoms with Crippen LogP contribution in [0.3, 0.4) is 0 Å². The summed E-state index contributed by atoms with van der Waals surface area (Å²) in [5.74, 6) is -0.598. The van der Waals surface area contributed by atoms with E-state index < -0.39 is 12.1 Å². The van der Waals surface area contributed by atoms with E-state index in [1.165, 1.54) is 0 Å².